The number of aliphatic hydroxyl groups excluding tert-OH is 1. The van der Waals surface area contributed by atoms with Gasteiger partial charge in [0.15, 0.2) is 0 Å². The number of aliphatic hydroxyl groups is 1. The van der Waals surface area contributed by atoms with Gasteiger partial charge in [0.2, 0.25) is 5.91 Å². The number of carboxylic acid groups (broad SMARTS) is 1. The standard InChI is InChI=1S/C13H22N2O4/c1-2-13(4-3-5-14-8-13)12(19)15-7-9(16)6-10(15)11(17)18/h9-10,14,16H,2-8H2,1H3,(H,17,18)/t9-,10+,13?/m1/s1. The number of nitrogens with one attached hydrogen (secondary N) is 1. The smallest absolute Gasteiger partial charge is 0.326 e. The van der Waals surface area contributed by atoms with Crippen molar-refractivity contribution < 1.29 is 19.8 Å². The van der Waals surface area contributed by atoms with Gasteiger partial charge in [0.05, 0.1) is 11.5 Å². The first-order valence-electron chi connectivity index (χ1n) is 6.93. The molecule has 6 nitrogen and oxygen atoms in total. The Morgan fingerprint density at radius 2 is 2.21 bits per heavy atom. The van der Waals surface area contributed by atoms with Crippen LogP contribution in [-0.2, 0) is 9.59 Å². The predicted molar refractivity (Wildman–Crippen MR) is 68.6 cm³/mol. The second kappa shape index (κ2) is 5.46. The fraction of sp³-hybridized carbons (Fsp3) is 0.846. The third-order valence-electron chi connectivity index (χ3n) is 4.43. The average molecular weight is 270 g/mol. The molecule has 0 bridgehead atoms. The summed E-state index contributed by atoms with van der Waals surface area (Å²) >= 11 is 0. The topological polar surface area (TPSA) is 89.9 Å². The highest BCUT2D eigenvalue weighted by molar-refractivity contribution is 5.88. The van der Waals surface area contributed by atoms with Crippen LogP contribution in [-0.4, -0.2) is 58.8 Å². The fourth-order valence-corrected chi connectivity index (χ4v) is 3.18. The summed E-state index contributed by atoms with van der Waals surface area (Å²) in [5.74, 6) is -1.15. The van der Waals surface area contributed by atoms with Gasteiger partial charge < -0.3 is 20.4 Å². The van der Waals surface area contributed by atoms with Gasteiger partial charge in [-0.05, 0) is 25.8 Å². The maximum Gasteiger partial charge on any atom is 0.326 e. The summed E-state index contributed by atoms with van der Waals surface area (Å²) in [4.78, 5) is 25.3. The van der Waals surface area contributed by atoms with Crippen LogP contribution in [0.4, 0.5) is 0 Å². The van der Waals surface area contributed by atoms with Gasteiger partial charge >= 0.3 is 5.97 Å². The van der Waals surface area contributed by atoms with Crippen LogP contribution in [0.25, 0.3) is 0 Å². The van der Waals surface area contributed by atoms with Gasteiger partial charge in [-0.3, -0.25) is 4.79 Å². The number of amides is 1. The van der Waals surface area contributed by atoms with Gasteiger partial charge in [-0.15, -0.1) is 0 Å². The molecule has 2 heterocycles. The van der Waals surface area contributed by atoms with E-state index in [1.165, 1.54) is 4.90 Å². The third kappa shape index (κ3) is 2.60. The molecule has 0 spiro atoms. The second-order valence-electron chi connectivity index (χ2n) is 5.62. The lowest BCUT2D eigenvalue weighted by atomic mass is 9.77. The normalized spacial score (nSPS) is 35.4. The summed E-state index contributed by atoms with van der Waals surface area (Å²) in [5.41, 5.74) is -0.504. The highest BCUT2D eigenvalue weighted by Crippen LogP contribution is 2.35. The Hall–Kier alpha value is -1.14. The molecule has 2 aliphatic rings. The van der Waals surface area contributed by atoms with Crippen molar-refractivity contribution in [2.24, 2.45) is 5.41 Å². The molecule has 2 aliphatic heterocycles. The van der Waals surface area contributed by atoms with Gasteiger partial charge in [0, 0.05) is 19.5 Å². The SMILES string of the molecule is CCC1(C(=O)N2C[C@H](O)C[C@H]2C(=O)O)CCCNC1. The summed E-state index contributed by atoms with van der Waals surface area (Å²) < 4.78 is 0. The number of aliphatic carboxylic acids is 1. The molecule has 2 saturated heterocycles. The Bertz CT molecular complexity index is 366. The van der Waals surface area contributed by atoms with E-state index in [0.29, 0.717) is 13.0 Å². The molecule has 0 aromatic rings. The van der Waals surface area contributed by atoms with Crippen LogP contribution in [0.2, 0.25) is 0 Å². The Labute approximate surface area is 112 Å². The molecule has 19 heavy (non-hydrogen) atoms. The molecular formula is C13H22N2O4. The lowest BCUT2D eigenvalue weighted by molar-refractivity contribution is -0.154. The van der Waals surface area contributed by atoms with Crippen molar-refractivity contribution in [1.29, 1.82) is 0 Å². The fourth-order valence-electron chi connectivity index (χ4n) is 3.18. The number of carbonyl (C=O) groups excluding carboxylic acids is 1. The Balaban J connectivity index is 2.19. The minimum Gasteiger partial charge on any atom is -0.480 e. The minimum atomic E-state index is -1.03. The first-order valence-corrected chi connectivity index (χ1v) is 6.93. The van der Waals surface area contributed by atoms with Gasteiger partial charge in [-0.1, -0.05) is 6.92 Å². The van der Waals surface area contributed by atoms with Crippen molar-refractivity contribution in [3.8, 4) is 0 Å². The van der Waals surface area contributed by atoms with Gasteiger partial charge in [0.25, 0.3) is 0 Å². The second-order valence-corrected chi connectivity index (χ2v) is 5.62. The van der Waals surface area contributed by atoms with Crippen molar-refractivity contribution in [2.45, 2.75) is 44.8 Å². The first-order chi connectivity index (χ1) is 9.00. The van der Waals surface area contributed by atoms with Crippen LogP contribution >= 0.6 is 0 Å². The zero-order valence-electron chi connectivity index (χ0n) is 11.3. The maximum absolute atomic E-state index is 12.7. The number of carboxylic acids is 1. The van der Waals surface area contributed by atoms with Crippen molar-refractivity contribution in [2.75, 3.05) is 19.6 Å². The highest BCUT2D eigenvalue weighted by atomic mass is 16.4. The van der Waals surface area contributed by atoms with Gasteiger partial charge in [0.1, 0.15) is 6.04 Å². The van der Waals surface area contributed by atoms with Crippen LogP contribution in [0.5, 0.6) is 0 Å². The highest BCUT2D eigenvalue weighted by Gasteiger charge is 2.47. The van der Waals surface area contributed by atoms with Crippen LogP contribution in [0, 0.1) is 5.41 Å². The molecule has 0 aromatic heterocycles. The molecule has 0 radical (unpaired) electrons. The summed E-state index contributed by atoms with van der Waals surface area (Å²) in [7, 11) is 0. The largest absolute Gasteiger partial charge is 0.480 e. The Morgan fingerprint density at radius 3 is 2.74 bits per heavy atom. The van der Waals surface area contributed by atoms with Crippen molar-refractivity contribution in [3.63, 3.8) is 0 Å². The summed E-state index contributed by atoms with van der Waals surface area (Å²) in [6, 6.07) is -0.882. The number of rotatable bonds is 3. The van der Waals surface area contributed by atoms with Crippen molar-refractivity contribution in [1.82, 2.24) is 10.2 Å². The lowest BCUT2D eigenvalue weighted by Gasteiger charge is -2.39. The van der Waals surface area contributed by atoms with Crippen LogP contribution < -0.4 is 5.32 Å². The Morgan fingerprint density at radius 1 is 1.47 bits per heavy atom. The quantitative estimate of drug-likeness (QED) is 0.661. The number of piperidine rings is 1. The van der Waals surface area contributed by atoms with E-state index >= 15 is 0 Å². The van der Waals surface area contributed by atoms with Crippen LogP contribution in [0.1, 0.15) is 32.6 Å². The number of likely N-dealkylation sites (tertiary alicyclic amines) is 1. The monoisotopic (exact) mass is 270 g/mol. The molecule has 1 amide bonds. The van der Waals surface area contributed by atoms with E-state index in [4.69, 9.17) is 0 Å². The summed E-state index contributed by atoms with van der Waals surface area (Å²) in [6.07, 6.45) is 1.81. The van der Waals surface area contributed by atoms with E-state index < -0.39 is 23.5 Å². The number of hydrogen-bond acceptors (Lipinski definition) is 4. The van der Waals surface area contributed by atoms with E-state index in [2.05, 4.69) is 5.32 Å². The average Bonchev–Trinajstić information content (AvgIpc) is 2.81. The molecular weight excluding hydrogens is 248 g/mol. The van der Waals surface area contributed by atoms with E-state index in [-0.39, 0.29) is 18.9 Å². The molecule has 1 unspecified atom stereocenters. The van der Waals surface area contributed by atoms with Gasteiger partial charge in [-0.2, -0.15) is 0 Å². The molecule has 3 N–H and O–H groups in total. The predicted octanol–water partition coefficient (Wildman–Crippen LogP) is -0.187. The number of carbonyl (C=O) groups is 2. The summed E-state index contributed by atoms with van der Waals surface area (Å²) in [6.45, 7) is 3.60. The molecule has 2 fully saturated rings. The first kappa shape index (κ1) is 14.3. The maximum atomic E-state index is 12.7. The zero-order valence-corrected chi connectivity index (χ0v) is 11.3. The van der Waals surface area contributed by atoms with Gasteiger partial charge in [-0.25, -0.2) is 4.79 Å². The number of β-amino-alcohol motifs (C(OH)–C–C–N with tert-alkyl or cyclic N) is 1. The summed E-state index contributed by atoms with van der Waals surface area (Å²) in [5, 5.41) is 22.1. The zero-order chi connectivity index (χ0) is 14.0. The molecule has 0 aromatic carbocycles. The minimum absolute atomic E-state index is 0.119. The van der Waals surface area contributed by atoms with E-state index in [1.807, 2.05) is 6.92 Å². The molecule has 6 heteroatoms. The van der Waals surface area contributed by atoms with Crippen LogP contribution in [0.3, 0.4) is 0 Å². The van der Waals surface area contributed by atoms with Crippen molar-refractivity contribution >= 4 is 11.9 Å². The molecule has 2 rings (SSSR count). The molecule has 108 valence electrons. The van der Waals surface area contributed by atoms with E-state index in [0.717, 1.165) is 19.4 Å². The Kier molecular flexibility index (Phi) is 4.10. The van der Waals surface area contributed by atoms with E-state index in [1.54, 1.807) is 0 Å². The molecule has 0 aliphatic carbocycles. The number of nitrogens with zero attached hydrogens (tertiary/aromatic N) is 1. The molecule has 0 saturated carbocycles. The number of hydrogen-bond donors (Lipinski definition) is 3. The van der Waals surface area contributed by atoms with Crippen molar-refractivity contribution in [3.05, 3.63) is 0 Å². The van der Waals surface area contributed by atoms with Crippen LogP contribution in [0.15, 0.2) is 0 Å². The molecule has 3 atom stereocenters. The third-order valence-corrected chi connectivity index (χ3v) is 4.43. The van der Waals surface area contributed by atoms with E-state index in [9.17, 15) is 19.8 Å². The lowest BCUT2D eigenvalue weighted by Crippen LogP contribution is -2.54.